The Kier molecular flexibility index (Phi) is 2.90. The highest BCUT2D eigenvalue weighted by atomic mass is 32.2. The van der Waals surface area contributed by atoms with Crippen molar-refractivity contribution in [2.24, 2.45) is 16.2 Å². The lowest BCUT2D eigenvalue weighted by Gasteiger charge is -2.25. The summed E-state index contributed by atoms with van der Waals surface area (Å²) in [5.74, 6) is 4.52. The molecule has 1 heterocycles. The van der Waals surface area contributed by atoms with E-state index in [1.165, 1.54) is 17.9 Å². The maximum Gasteiger partial charge on any atom is 0.0346 e. The van der Waals surface area contributed by atoms with Crippen molar-refractivity contribution >= 4 is 10.7 Å². The SMILES string of the molecule is CN=S1CC(C)CC(C)C1. The first-order valence-electron chi connectivity index (χ1n) is 3.99. The molecular formula is C8H17NS. The van der Waals surface area contributed by atoms with Crippen molar-refractivity contribution in [1.29, 1.82) is 0 Å². The molecule has 1 aliphatic heterocycles. The Labute approximate surface area is 66.3 Å². The predicted octanol–water partition coefficient (Wildman–Crippen LogP) is 2.09. The number of hydrogen-bond acceptors (Lipinski definition) is 1. The van der Waals surface area contributed by atoms with Crippen molar-refractivity contribution in [3.05, 3.63) is 0 Å². The molecule has 1 aliphatic rings. The highest BCUT2D eigenvalue weighted by molar-refractivity contribution is 7.87. The lowest BCUT2D eigenvalue weighted by atomic mass is 10.0. The van der Waals surface area contributed by atoms with E-state index in [9.17, 15) is 0 Å². The fourth-order valence-corrected chi connectivity index (χ4v) is 3.72. The molecular weight excluding hydrogens is 142 g/mol. The zero-order valence-corrected chi connectivity index (χ0v) is 7.95. The molecule has 1 fully saturated rings. The van der Waals surface area contributed by atoms with Crippen molar-refractivity contribution in [1.82, 2.24) is 0 Å². The molecule has 0 aromatic heterocycles. The smallest absolute Gasteiger partial charge is 0.0346 e. The Bertz CT molecular complexity index is 130. The van der Waals surface area contributed by atoms with Gasteiger partial charge in [-0.2, -0.15) is 0 Å². The zero-order chi connectivity index (χ0) is 7.56. The summed E-state index contributed by atoms with van der Waals surface area (Å²) in [6.45, 7) is 4.70. The molecule has 10 heavy (non-hydrogen) atoms. The second-order valence-corrected chi connectivity index (χ2v) is 5.38. The molecule has 0 aromatic rings. The molecule has 1 rings (SSSR count). The standard InChI is InChI=1S/C8H17NS/c1-7-4-8(2)6-10(5-7)9-3/h7-8H,4-6H2,1-3H3. The number of hydrogen-bond donors (Lipinski definition) is 0. The van der Waals surface area contributed by atoms with Crippen molar-refractivity contribution in [2.75, 3.05) is 18.6 Å². The van der Waals surface area contributed by atoms with Gasteiger partial charge in [0.05, 0.1) is 0 Å². The highest BCUT2D eigenvalue weighted by Crippen LogP contribution is 2.21. The maximum absolute atomic E-state index is 4.38. The second kappa shape index (κ2) is 3.51. The fraction of sp³-hybridized carbons (Fsp3) is 1.00. The van der Waals surface area contributed by atoms with Crippen molar-refractivity contribution in [3.63, 3.8) is 0 Å². The van der Waals surface area contributed by atoms with Gasteiger partial charge in [-0.25, -0.2) is 0 Å². The van der Waals surface area contributed by atoms with E-state index in [4.69, 9.17) is 0 Å². The van der Waals surface area contributed by atoms with E-state index in [1.54, 1.807) is 0 Å². The van der Waals surface area contributed by atoms with Gasteiger partial charge in [-0.1, -0.05) is 13.8 Å². The van der Waals surface area contributed by atoms with E-state index in [-0.39, 0.29) is 0 Å². The van der Waals surface area contributed by atoms with Crippen LogP contribution in [0.5, 0.6) is 0 Å². The average molecular weight is 159 g/mol. The first kappa shape index (κ1) is 8.25. The quantitative estimate of drug-likeness (QED) is 0.513. The molecule has 60 valence electrons. The molecule has 0 radical (unpaired) electrons. The van der Waals surface area contributed by atoms with Gasteiger partial charge >= 0.3 is 0 Å². The third kappa shape index (κ3) is 2.08. The second-order valence-electron chi connectivity index (χ2n) is 3.42. The molecule has 1 saturated heterocycles. The van der Waals surface area contributed by atoms with Gasteiger partial charge in [0.1, 0.15) is 0 Å². The van der Waals surface area contributed by atoms with Gasteiger partial charge in [0.2, 0.25) is 0 Å². The summed E-state index contributed by atoms with van der Waals surface area (Å²) < 4.78 is 4.38. The van der Waals surface area contributed by atoms with E-state index in [0.29, 0.717) is 10.7 Å². The monoisotopic (exact) mass is 159 g/mol. The van der Waals surface area contributed by atoms with Crippen LogP contribution in [0.2, 0.25) is 0 Å². The Hall–Kier alpha value is 0.150. The van der Waals surface area contributed by atoms with Crippen LogP contribution in [0.25, 0.3) is 0 Å². The fourth-order valence-electron chi connectivity index (χ4n) is 1.70. The van der Waals surface area contributed by atoms with E-state index in [0.717, 1.165) is 11.8 Å². The van der Waals surface area contributed by atoms with E-state index in [1.807, 2.05) is 7.05 Å². The van der Waals surface area contributed by atoms with E-state index < -0.39 is 0 Å². The van der Waals surface area contributed by atoms with Crippen LogP contribution in [0.1, 0.15) is 20.3 Å². The maximum atomic E-state index is 4.38. The normalized spacial score (nSPS) is 41.3. The summed E-state index contributed by atoms with van der Waals surface area (Å²) in [6.07, 6.45) is 1.42. The highest BCUT2D eigenvalue weighted by Gasteiger charge is 2.18. The van der Waals surface area contributed by atoms with Crippen molar-refractivity contribution < 1.29 is 0 Å². The van der Waals surface area contributed by atoms with Gasteiger partial charge in [-0.05, 0) is 18.3 Å². The van der Waals surface area contributed by atoms with Crippen LogP contribution in [-0.2, 0) is 10.7 Å². The number of rotatable bonds is 0. The minimum atomic E-state index is 0.413. The lowest BCUT2D eigenvalue weighted by molar-refractivity contribution is 0.462. The molecule has 0 saturated carbocycles. The van der Waals surface area contributed by atoms with E-state index in [2.05, 4.69) is 18.2 Å². The van der Waals surface area contributed by atoms with Crippen LogP contribution in [0.4, 0.5) is 0 Å². The summed E-state index contributed by atoms with van der Waals surface area (Å²) in [5, 5.41) is 0. The van der Waals surface area contributed by atoms with Gasteiger partial charge in [-0.15, -0.1) is 10.7 Å². The van der Waals surface area contributed by atoms with Crippen LogP contribution in [0.15, 0.2) is 4.36 Å². The first-order valence-corrected chi connectivity index (χ1v) is 5.51. The summed E-state index contributed by atoms with van der Waals surface area (Å²) in [7, 11) is 2.38. The minimum absolute atomic E-state index is 0.413. The van der Waals surface area contributed by atoms with Crippen molar-refractivity contribution in [3.8, 4) is 0 Å². The van der Waals surface area contributed by atoms with Gasteiger partial charge in [0.15, 0.2) is 0 Å². The summed E-state index contributed by atoms with van der Waals surface area (Å²) in [5.41, 5.74) is 0. The molecule has 2 heteroatoms. The van der Waals surface area contributed by atoms with Crippen molar-refractivity contribution in [2.45, 2.75) is 20.3 Å². The molecule has 0 spiro atoms. The van der Waals surface area contributed by atoms with Crippen LogP contribution in [0, 0.1) is 11.8 Å². The Morgan fingerprint density at radius 3 is 2.10 bits per heavy atom. The van der Waals surface area contributed by atoms with Gasteiger partial charge in [0, 0.05) is 18.6 Å². The van der Waals surface area contributed by atoms with Gasteiger partial charge in [-0.3, -0.25) is 4.36 Å². The average Bonchev–Trinajstić information content (AvgIpc) is 1.85. The Morgan fingerprint density at radius 1 is 1.20 bits per heavy atom. The number of nitrogens with zero attached hydrogens (tertiary/aromatic N) is 1. The Balaban J connectivity index is 2.51. The third-order valence-corrected chi connectivity index (χ3v) is 4.44. The lowest BCUT2D eigenvalue weighted by Crippen LogP contribution is -2.24. The van der Waals surface area contributed by atoms with Crippen LogP contribution >= 0.6 is 0 Å². The van der Waals surface area contributed by atoms with Crippen LogP contribution < -0.4 is 0 Å². The van der Waals surface area contributed by atoms with Crippen LogP contribution in [-0.4, -0.2) is 18.6 Å². The molecule has 2 atom stereocenters. The summed E-state index contributed by atoms with van der Waals surface area (Å²) in [6, 6.07) is 0. The van der Waals surface area contributed by atoms with Gasteiger partial charge in [0.25, 0.3) is 0 Å². The van der Waals surface area contributed by atoms with Gasteiger partial charge < -0.3 is 0 Å². The minimum Gasteiger partial charge on any atom is -0.268 e. The van der Waals surface area contributed by atoms with E-state index >= 15 is 0 Å². The molecule has 0 amide bonds. The van der Waals surface area contributed by atoms with Crippen LogP contribution in [0.3, 0.4) is 0 Å². The predicted molar refractivity (Wildman–Crippen MR) is 48.4 cm³/mol. The molecule has 0 aromatic carbocycles. The molecule has 0 aliphatic carbocycles. The molecule has 0 bridgehead atoms. The zero-order valence-electron chi connectivity index (χ0n) is 7.13. The Morgan fingerprint density at radius 2 is 1.70 bits per heavy atom. The largest absolute Gasteiger partial charge is 0.268 e. The summed E-state index contributed by atoms with van der Waals surface area (Å²) >= 11 is 0. The molecule has 2 unspecified atom stereocenters. The first-order chi connectivity index (χ1) is 4.72. The summed E-state index contributed by atoms with van der Waals surface area (Å²) in [4.78, 5) is 0. The third-order valence-electron chi connectivity index (χ3n) is 2.02. The topological polar surface area (TPSA) is 12.4 Å². The molecule has 0 N–H and O–H groups in total. The molecule has 1 nitrogen and oxygen atoms in total.